The standard InChI is InChI=1S/C13H16BrNO4/c1-4-19-12(18)13(2,3)10(16)8-15-7-9(14)5-6-11(15)17/h5-7H,4,8H2,1-3H3. The molecular formula is C13H16BrNO4. The number of hydrogen-bond donors (Lipinski definition) is 0. The third kappa shape index (κ3) is 3.76. The first-order chi connectivity index (χ1) is 8.78. The first kappa shape index (κ1) is 15.6. The lowest BCUT2D eigenvalue weighted by Crippen LogP contribution is -2.39. The fraction of sp³-hybridized carbons (Fsp3) is 0.462. The Morgan fingerprint density at radius 3 is 2.58 bits per heavy atom. The van der Waals surface area contributed by atoms with E-state index in [1.807, 2.05) is 0 Å². The van der Waals surface area contributed by atoms with Crippen LogP contribution in [0.3, 0.4) is 0 Å². The maximum atomic E-state index is 12.1. The molecule has 0 amide bonds. The lowest BCUT2D eigenvalue weighted by Gasteiger charge is -2.21. The minimum absolute atomic E-state index is 0.163. The van der Waals surface area contributed by atoms with Crippen molar-refractivity contribution in [1.29, 1.82) is 0 Å². The number of ether oxygens (including phenoxy) is 1. The summed E-state index contributed by atoms with van der Waals surface area (Å²) < 4.78 is 6.81. The van der Waals surface area contributed by atoms with Gasteiger partial charge in [0, 0.05) is 16.7 Å². The molecule has 1 heterocycles. The van der Waals surface area contributed by atoms with E-state index in [9.17, 15) is 14.4 Å². The monoisotopic (exact) mass is 329 g/mol. The molecule has 6 heteroatoms. The van der Waals surface area contributed by atoms with Crippen molar-refractivity contribution in [2.45, 2.75) is 27.3 Å². The van der Waals surface area contributed by atoms with Gasteiger partial charge in [0.15, 0.2) is 5.78 Å². The van der Waals surface area contributed by atoms with Gasteiger partial charge in [-0.15, -0.1) is 0 Å². The molecule has 0 fully saturated rings. The molecule has 0 unspecified atom stereocenters. The zero-order chi connectivity index (χ0) is 14.6. The summed E-state index contributed by atoms with van der Waals surface area (Å²) in [6, 6.07) is 2.95. The highest BCUT2D eigenvalue weighted by Crippen LogP contribution is 2.20. The largest absolute Gasteiger partial charge is 0.465 e. The smallest absolute Gasteiger partial charge is 0.319 e. The van der Waals surface area contributed by atoms with Crippen LogP contribution in [0.1, 0.15) is 20.8 Å². The number of aromatic nitrogens is 1. The molecule has 1 aromatic heterocycles. The van der Waals surface area contributed by atoms with Crippen molar-refractivity contribution < 1.29 is 14.3 Å². The Kier molecular flexibility index (Phi) is 5.05. The van der Waals surface area contributed by atoms with Crippen molar-refractivity contribution in [3.05, 3.63) is 33.2 Å². The van der Waals surface area contributed by atoms with Gasteiger partial charge in [-0.1, -0.05) is 0 Å². The van der Waals surface area contributed by atoms with Crippen LogP contribution in [0, 0.1) is 5.41 Å². The van der Waals surface area contributed by atoms with E-state index in [4.69, 9.17) is 4.74 Å². The molecule has 0 spiro atoms. The van der Waals surface area contributed by atoms with Crippen LogP contribution in [0.5, 0.6) is 0 Å². The number of rotatable bonds is 5. The van der Waals surface area contributed by atoms with Gasteiger partial charge in [0.25, 0.3) is 5.56 Å². The molecule has 0 aliphatic carbocycles. The predicted molar refractivity (Wildman–Crippen MR) is 73.8 cm³/mol. The van der Waals surface area contributed by atoms with Gasteiger partial charge < -0.3 is 9.30 Å². The third-order valence-corrected chi connectivity index (χ3v) is 3.21. The maximum absolute atomic E-state index is 12.1. The highest BCUT2D eigenvalue weighted by molar-refractivity contribution is 9.10. The summed E-state index contributed by atoms with van der Waals surface area (Å²) in [6.07, 6.45) is 1.52. The minimum atomic E-state index is -1.27. The van der Waals surface area contributed by atoms with E-state index in [2.05, 4.69) is 15.9 Å². The van der Waals surface area contributed by atoms with Crippen molar-refractivity contribution in [1.82, 2.24) is 4.57 Å². The number of hydrogen-bond acceptors (Lipinski definition) is 4. The van der Waals surface area contributed by atoms with Crippen LogP contribution in [0.25, 0.3) is 0 Å². The molecule has 0 N–H and O–H groups in total. The second kappa shape index (κ2) is 6.14. The van der Waals surface area contributed by atoms with Crippen LogP contribution in [-0.4, -0.2) is 22.9 Å². The Morgan fingerprint density at radius 2 is 2.00 bits per heavy atom. The van der Waals surface area contributed by atoms with Gasteiger partial charge in [-0.25, -0.2) is 0 Å². The molecule has 19 heavy (non-hydrogen) atoms. The summed E-state index contributed by atoms with van der Waals surface area (Å²) in [5.41, 5.74) is -1.56. The normalized spacial score (nSPS) is 11.2. The number of nitrogens with zero attached hydrogens (tertiary/aromatic N) is 1. The van der Waals surface area contributed by atoms with E-state index in [1.165, 1.54) is 30.7 Å². The molecule has 0 radical (unpaired) electrons. The second-order valence-electron chi connectivity index (χ2n) is 4.58. The van der Waals surface area contributed by atoms with E-state index < -0.39 is 11.4 Å². The molecule has 0 atom stereocenters. The van der Waals surface area contributed by atoms with E-state index >= 15 is 0 Å². The zero-order valence-electron chi connectivity index (χ0n) is 11.1. The summed E-state index contributed by atoms with van der Waals surface area (Å²) in [6.45, 7) is 4.72. The fourth-order valence-electron chi connectivity index (χ4n) is 1.40. The number of Topliss-reactive ketones (excluding diaryl/α,β-unsaturated/α-hetero) is 1. The number of esters is 1. The van der Waals surface area contributed by atoms with Crippen LogP contribution in [-0.2, 0) is 20.9 Å². The second-order valence-corrected chi connectivity index (χ2v) is 5.50. The van der Waals surface area contributed by atoms with E-state index in [0.717, 1.165) is 0 Å². The topological polar surface area (TPSA) is 65.4 Å². The summed E-state index contributed by atoms with van der Waals surface area (Å²) in [7, 11) is 0. The quantitative estimate of drug-likeness (QED) is 0.610. The number of pyridine rings is 1. The molecule has 5 nitrogen and oxygen atoms in total. The van der Waals surface area contributed by atoms with E-state index in [0.29, 0.717) is 4.47 Å². The summed E-state index contributed by atoms with van der Waals surface area (Å²) in [5.74, 6) is -0.950. The molecule has 0 saturated heterocycles. The summed E-state index contributed by atoms with van der Waals surface area (Å²) >= 11 is 3.23. The van der Waals surface area contributed by atoms with Crippen molar-refractivity contribution in [2.24, 2.45) is 5.41 Å². The van der Waals surface area contributed by atoms with Crippen LogP contribution < -0.4 is 5.56 Å². The fourth-order valence-corrected chi connectivity index (χ4v) is 1.78. The van der Waals surface area contributed by atoms with Crippen molar-refractivity contribution in [2.75, 3.05) is 6.61 Å². The molecule has 1 rings (SSSR count). The number of carbonyl (C=O) groups is 2. The van der Waals surface area contributed by atoms with Crippen molar-refractivity contribution in [3.8, 4) is 0 Å². The number of ketones is 1. The minimum Gasteiger partial charge on any atom is -0.465 e. The Balaban J connectivity index is 2.93. The van der Waals surface area contributed by atoms with Gasteiger partial charge in [0.05, 0.1) is 13.2 Å². The van der Waals surface area contributed by atoms with Crippen LogP contribution in [0.15, 0.2) is 27.6 Å². The highest BCUT2D eigenvalue weighted by atomic mass is 79.9. The molecule has 0 aliphatic heterocycles. The first-order valence-corrected chi connectivity index (χ1v) is 6.65. The summed E-state index contributed by atoms with van der Waals surface area (Å²) in [4.78, 5) is 35.4. The molecule has 0 bridgehead atoms. The Bertz CT molecular complexity index is 548. The average Bonchev–Trinajstić information content (AvgIpc) is 2.34. The Labute approximate surface area is 119 Å². The molecule has 0 aromatic carbocycles. The van der Waals surface area contributed by atoms with Gasteiger partial charge in [-0.2, -0.15) is 0 Å². The van der Waals surface area contributed by atoms with E-state index in [-0.39, 0.29) is 24.5 Å². The van der Waals surface area contributed by atoms with Gasteiger partial charge in [0.1, 0.15) is 5.41 Å². The molecule has 0 aliphatic rings. The predicted octanol–water partition coefficient (Wildman–Crippen LogP) is 1.77. The van der Waals surface area contributed by atoms with Crippen LogP contribution >= 0.6 is 15.9 Å². The SMILES string of the molecule is CCOC(=O)C(C)(C)C(=O)Cn1cc(Br)ccc1=O. The van der Waals surface area contributed by atoms with Crippen molar-refractivity contribution >= 4 is 27.7 Å². The number of carbonyl (C=O) groups excluding carboxylic acids is 2. The van der Waals surface area contributed by atoms with Crippen molar-refractivity contribution in [3.63, 3.8) is 0 Å². The maximum Gasteiger partial charge on any atom is 0.319 e. The average molecular weight is 330 g/mol. The molecule has 104 valence electrons. The Hall–Kier alpha value is -1.43. The first-order valence-electron chi connectivity index (χ1n) is 5.85. The lowest BCUT2D eigenvalue weighted by molar-refractivity contribution is -0.158. The van der Waals surface area contributed by atoms with E-state index in [1.54, 1.807) is 13.0 Å². The van der Waals surface area contributed by atoms with Crippen LogP contribution in [0.4, 0.5) is 0 Å². The van der Waals surface area contributed by atoms with Gasteiger partial charge in [-0.3, -0.25) is 14.4 Å². The van der Waals surface area contributed by atoms with Gasteiger partial charge in [0.2, 0.25) is 0 Å². The molecule has 1 aromatic rings. The van der Waals surface area contributed by atoms with Crippen LogP contribution in [0.2, 0.25) is 0 Å². The third-order valence-electron chi connectivity index (χ3n) is 2.74. The highest BCUT2D eigenvalue weighted by Gasteiger charge is 2.37. The number of halogens is 1. The summed E-state index contributed by atoms with van der Waals surface area (Å²) in [5, 5.41) is 0. The molecular weight excluding hydrogens is 314 g/mol. The molecule has 0 saturated carbocycles. The Morgan fingerprint density at radius 1 is 1.37 bits per heavy atom. The zero-order valence-corrected chi connectivity index (χ0v) is 12.7. The van der Waals surface area contributed by atoms with Gasteiger partial charge in [-0.05, 0) is 42.8 Å². The van der Waals surface area contributed by atoms with Gasteiger partial charge >= 0.3 is 5.97 Å². The lowest BCUT2D eigenvalue weighted by atomic mass is 9.88.